The molecular formula is C15H24N2O2S. The third-order valence-electron chi connectivity index (χ3n) is 4.48. The zero-order chi connectivity index (χ0) is 14.9. The smallest absolute Gasteiger partial charge is 0.347 e. The molecule has 20 heavy (non-hydrogen) atoms. The van der Waals surface area contributed by atoms with Gasteiger partial charge in [0, 0.05) is 13.1 Å². The minimum Gasteiger partial charge on any atom is -0.477 e. The van der Waals surface area contributed by atoms with Gasteiger partial charge in [-0.1, -0.05) is 45.5 Å². The van der Waals surface area contributed by atoms with Gasteiger partial charge in [-0.3, -0.25) is 0 Å². The Balaban J connectivity index is 2.18. The number of anilines is 1. The van der Waals surface area contributed by atoms with E-state index in [-0.39, 0.29) is 5.92 Å². The second kappa shape index (κ2) is 5.72. The van der Waals surface area contributed by atoms with E-state index in [2.05, 4.69) is 23.7 Å². The van der Waals surface area contributed by atoms with Gasteiger partial charge in [0.15, 0.2) is 5.13 Å². The number of nitrogens with zero attached hydrogens (tertiary/aromatic N) is 2. The van der Waals surface area contributed by atoms with E-state index in [1.54, 1.807) is 0 Å². The summed E-state index contributed by atoms with van der Waals surface area (Å²) in [5, 5.41) is 10.2. The number of aromatic carboxylic acids is 1. The van der Waals surface area contributed by atoms with Crippen molar-refractivity contribution < 1.29 is 9.90 Å². The van der Waals surface area contributed by atoms with E-state index in [1.807, 2.05) is 13.8 Å². The number of hydrogen-bond acceptors (Lipinski definition) is 4. The fraction of sp³-hybridized carbons (Fsp3) is 0.733. The number of rotatable bonds is 4. The van der Waals surface area contributed by atoms with Crippen LogP contribution in [0.2, 0.25) is 0 Å². The number of hydrogen-bond donors (Lipinski definition) is 1. The standard InChI is InChI=1S/C15H24N2O2S/c1-5-15(4)6-8-17(9-7-15)14-16-11(10(2)3)12(20-14)13(18)19/h10H,5-9H2,1-4H3,(H,18,19). The minimum atomic E-state index is -0.854. The molecule has 1 N–H and O–H groups in total. The van der Waals surface area contributed by atoms with Gasteiger partial charge in [-0.25, -0.2) is 9.78 Å². The van der Waals surface area contributed by atoms with Gasteiger partial charge < -0.3 is 10.0 Å². The second-order valence-corrected chi connectivity index (χ2v) is 7.30. The molecule has 0 spiro atoms. The van der Waals surface area contributed by atoms with Crippen LogP contribution in [0.25, 0.3) is 0 Å². The van der Waals surface area contributed by atoms with E-state index in [0.717, 1.165) is 36.8 Å². The average Bonchev–Trinajstić information content (AvgIpc) is 2.85. The number of thiazole rings is 1. The fourth-order valence-electron chi connectivity index (χ4n) is 2.59. The molecule has 1 aromatic heterocycles. The highest BCUT2D eigenvalue weighted by Crippen LogP contribution is 2.38. The third kappa shape index (κ3) is 2.97. The third-order valence-corrected chi connectivity index (χ3v) is 5.60. The first-order chi connectivity index (χ1) is 9.36. The Hall–Kier alpha value is -1.10. The number of aromatic nitrogens is 1. The molecule has 1 aliphatic heterocycles. The number of carboxylic acid groups (broad SMARTS) is 1. The van der Waals surface area contributed by atoms with Crippen molar-refractivity contribution in [1.82, 2.24) is 4.98 Å². The molecule has 0 amide bonds. The van der Waals surface area contributed by atoms with Crippen LogP contribution >= 0.6 is 11.3 Å². The zero-order valence-corrected chi connectivity index (χ0v) is 13.6. The summed E-state index contributed by atoms with van der Waals surface area (Å²) in [6.07, 6.45) is 3.52. The van der Waals surface area contributed by atoms with Gasteiger partial charge in [-0.15, -0.1) is 0 Å². The maximum atomic E-state index is 11.3. The molecule has 0 bridgehead atoms. The predicted octanol–water partition coefficient (Wildman–Crippen LogP) is 3.98. The predicted molar refractivity (Wildman–Crippen MR) is 83.0 cm³/mol. The summed E-state index contributed by atoms with van der Waals surface area (Å²) >= 11 is 1.33. The van der Waals surface area contributed by atoms with Crippen molar-refractivity contribution >= 4 is 22.4 Å². The molecule has 4 nitrogen and oxygen atoms in total. The molecule has 0 atom stereocenters. The van der Waals surface area contributed by atoms with Crippen molar-refractivity contribution in [3.05, 3.63) is 10.6 Å². The van der Waals surface area contributed by atoms with Crippen LogP contribution < -0.4 is 4.90 Å². The maximum Gasteiger partial charge on any atom is 0.347 e. The van der Waals surface area contributed by atoms with Gasteiger partial charge in [0.2, 0.25) is 0 Å². The summed E-state index contributed by atoms with van der Waals surface area (Å²) in [7, 11) is 0. The molecule has 1 fully saturated rings. The lowest BCUT2D eigenvalue weighted by Crippen LogP contribution is -2.38. The molecule has 1 aromatic rings. The molecule has 2 rings (SSSR count). The van der Waals surface area contributed by atoms with Crippen molar-refractivity contribution in [2.45, 2.75) is 52.9 Å². The summed E-state index contributed by atoms with van der Waals surface area (Å²) in [4.78, 5) is 18.6. The van der Waals surface area contributed by atoms with Crippen LogP contribution in [0.5, 0.6) is 0 Å². The summed E-state index contributed by atoms with van der Waals surface area (Å²) in [5.41, 5.74) is 1.16. The monoisotopic (exact) mass is 296 g/mol. The summed E-state index contributed by atoms with van der Waals surface area (Å²) < 4.78 is 0. The maximum absolute atomic E-state index is 11.3. The van der Waals surface area contributed by atoms with E-state index in [4.69, 9.17) is 0 Å². The topological polar surface area (TPSA) is 53.4 Å². The Kier molecular flexibility index (Phi) is 4.37. The van der Waals surface area contributed by atoms with Crippen LogP contribution in [-0.4, -0.2) is 29.1 Å². The van der Waals surface area contributed by atoms with Crippen LogP contribution in [0.1, 0.15) is 68.2 Å². The number of carboxylic acids is 1. The Bertz CT molecular complexity index is 488. The van der Waals surface area contributed by atoms with Crippen molar-refractivity contribution in [2.75, 3.05) is 18.0 Å². The van der Waals surface area contributed by atoms with E-state index in [0.29, 0.717) is 10.3 Å². The lowest BCUT2D eigenvalue weighted by Gasteiger charge is -2.38. The molecule has 2 heterocycles. The largest absolute Gasteiger partial charge is 0.477 e. The van der Waals surface area contributed by atoms with Crippen LogP contribution in [0.3, 0.4) is 0 Å². The number of carbonyl (C=O) groups is 1. The van der Waals surface area contributed by atoms with Crippen LogP contribution in [0.15, 0.2) is 0 Å². The minimum absolute atomic E-state index is 0.150. The molecule has 1 saturated heterocycles. The first kappa shape index (κ1) is 15.3. The normalized spacial score (nSPS) is 18.6. The lowest BCUT2D eigenvalue weighted by molar-refractivity contribution is 0.0700. The van der Waals surface area contributed by atoms with E-state index in [9.17, 15) is 9.90 Å². The molecular weight excluding hydrogens is 272 g/mol. The van der Waals surface area contributed by atoms with Crippen molar-refractivity contribution in [1.29, 1.82) is 0 Å². The van der Waals surface area contributed by atoms with Crippen molar-refractivity contribution in [2.24, 2.45) is 5.41 Å². The second-order valence-electron chi connectivity index (χ2n) is 6.32. The summed E-state index contributed by atoms with van der Waals surface area (Å²) in [5.74, 6) is -0.704. The fourth-order valence-corrected chi connectivity index (χ4v) is 3.70. The zero-order valence-electron chi connectivity index (χ0n) is 12.8. The van der Waals surface area contributed by atoms with Crippen molar-refractivity contribution in [3.8, 4) is 0 Å². The summed E-state index contributed by atoms with van der Waals surface area (Å²) in [6, 6.07) is 0. The molecule has 0 unspecified atom stereocenters. The number of piperidine rings is 1. The molecule has 0 saturated carbocycles. The first-order valence-corrected chi connectivity index (χ1v) is 8.17. The highest BCUT2D eigenvalue weighted by atomic mass is 32.1. The molecule has 0 radical (unpaired) electrons. The van der Waals surface area contributed by atoms with Gasteiger partial charge in [-0.2, -0.15) is 0 Å². The molecule has 112 valence electrons. The quantitative estimate of drug-likeness (QED) is 0.913. The van der Waals surface area contributed by atoms with Gasteiger partial charge in [0.25, 0.3) is 0 Å². The molecule has 0 aromatic carbocycles. The summed E-state index contributed by atoms with van der Waals surface area (Å²) in [6.45, 7) is 10.5. The van der Waals surface area contributed by atoms with Gasteiger partial charge >= 0.3 is 5.97 Å². The Morgan fingerprint density at radius 2 is 2.05 bits per heavy atom. The van der Waals surface area contributed by atoms with Crippen LogP contribution in [0.4, 0.5) is 5.13 Å². The van der Waals surface area contributed by atoms with Crippen LogP contribution in [0, 0.1) is 5.41 Å². The van der Waals surface area contributed by atoms with Gasteiger partial charge in [0.1, 0.15) is 4.88 Å². The Morgan fingerprint density at radius 1 is 1.45 bits per heavy atom. The first-order valence-electron chi connectivity index (χ1n) is 7.35. The highest BCUT2D eigenvalue weighted by molar-refractivity contribution is 7.17. The van der Waals surface area contributed by atoms with Gasteiger partial charge in [0.05, 0.1) is 5.69 Å². The average molecular weight is 296 g/mol. The van der Waals surface area contributed by atoms with Gasteiger partial charge in [-0.05, 0) is 24.2 Å². The van der Waals surface area contributed by atoms with E-state index in [1.165, 1.54) is 17.8 Å². The molecule has 5 heteroatoms. The SMILES string of the molecule is CCC1(C)CCN(c2nc(C(C)C)c(C(=O)O)s2)CC1. The van der Waals surface area contributed by atoms with E-state index >= 15 is 0 Å². The van der Waals surface area contributed by atoms with Crippen LogP contribution in [-0.2, 0) is 0 Å². The molecule has 0 aliphatic carbocycles. The highest BCUT2D eigenvalue weighted by Gasteiger charge is 2.30. The molecule has 1 aliphatic rings. The van der Waals surface area contributed by atoms with E-state index < -0.39 is 5.97 Å². The lowest BCUT2D eigenvalue weighted by atomic mass is 9.78. The Morgan fingerprint density at radius 3 is 2.45 bits per heavy atom. The van der Waals surface area contributed by atoms with Crippen molar-refractivity contribution in [3.63, 3.8) is 0 Å². The Labute approximate surface area is 124 Å².